The van der Waals surface area contributed by atoms with Gasteiger partial charge in [-0.05, 0) is 43.5 Å². The quantitative estimate of drug-likeness (QED) is 0.837. The molecule has 1 aromatic rings. The standard InChI is InChI=1S/C17H26N2O2/c1-13-11-14(21-2)7-8-15(13)19-16(20)17(12-18)9-5-3-4-6-10-17/h7-8,11H,3-6,9-10,12,18H2,1-2H3,(H,19,20). The molecule has 0 unspecified atom stereocenters. The van der Waals surface area contributed by atoms with Crippen molar-refractivity contribution in [2.24, 2.45) is 11.1 Å². The number of nitrogens with two attached hydrogens (primary N) is 1. The van der Waals surface area contributed by atoms with Crippen LogP contribution in [0.4, 0.5) is 5.69 Å². The van der Waals surface area contributed by atoms with Crippen molar-refractivity contribution in [3.8, 4) is 5.75 Å². The van der Waals surface area contributed by atoms with Crippen LogP contribution in [0.25, 0.3) is 0 Å². The molecular weight excluding hydrogens is 264 g/mol. The van der Waals surface area contributed by atoms with E-state index in [1.54, 1.807) is 7.11 Å². The molecule has 0 saturated heterocycles. The Bertz CT molecular complexity index is 492. The van der Waals surface area contributed by atoms with Crippen molar-refractivity contribution in [2.45, 2.75) is 45.4 Å². The summed E-state index contributed by atoms with van der Waals surface area (Å²) < 4.78 is 5.20. The molecule has 116 valence electrons. The second kappa shape index (κ2) is 6.94. The van der Waals surface area contributed by atoms with E-state index in [2.05, 4.69) is 5.32 Å². The third-order valence-electron chi connectivity index (χ3n) is 4.61. The van der Waals surface area contributed by atoms with Gasteiger partial charge in [0.1, 0.15) is 5.75 Å². The molecule has 0 radical (unpaired) electrons. The lowest BCUT2D eigenvalue weighted by Crippen LogP contribution is -2.42. The molecule has 0 atom stereocenters. The number of amides is 1. The Labute approximate surface area is 127 Å². The fraction of sp³-hybridized carbons (Fsp3) is 0.588. The molecule has 1 aromatic carbocycles. The summed E-state index contributed by atoms with van der Waals surface area (Å²) in [7, 11) is 1.64. The number of carbonyl (C=O) groups is 1. The third-order valence-corrected chi connectivity index (χ3v) is 4.61. The first-order valence-electron chi connectivity index (χ1n) is 7.77. The lowest BCUT2D eigenvalue weighted by molar-refractivity contribution is -0.125. The molecule has 3 N–H and O–H groups in total. The Morgan fingerprint density at radius 3 is 2.48 bits per heavy atom. The van der Waals surface area contributed by atoms with Gasteiger partial charge < -0.3 is 15.8 Å². The first-order valence-corrected chi connectivity index (χ1v) is 7.77. The highest BCUT2D eigenvalue weighted by molar-refractivity contribution is 5.96. The summed E-state index contributed by atoms with van der Waals surface area (Å²) in [5.41, 5.74) is 7.41. The molecule has 0 aliphatic heterocycles. The fourth-order valence-corrected chi connectivity index (χ4v) is 3.09. The highest BCUT2D eigenvalue weighted by atomic mass is 16.5. The number of hydrogen-bond donors (Lipinski definition) is 2. The Kier molecular flexibility index (Phi) is 5.23. The molecule has 0 heterocycles. The zero-order valence-corrected chi connectivity index (χ0v) is 13.1. The van der Waals surface area contributed by atoms with E-state index in [4.69, 9.17) is 10.5 Å². The summed E-state index contributed by atoms with van der Waals surface area (Å²) in [4.78, 5) is 12.8. The zero-order valence-electron chi connectivity index (χ0n) is 13.1. The van der Waals surface area contributed by atoms with Crippen molar-refractivity contribution in [2.75, 3.05) is 19.0 Å². The second-order valence-electron chi connectivity index (χ2n) is 6.03. The second-order valence-corrected chi connectivity index (χ2v) is 6.03. The summed E-state index contributed by atoms with van der Waals surface area (Å²) in [6.07, 6.45) is 6.38. The molecule has 21 heavy (non-hydrogen) atoms. The predicted molar refractivity (Wildman–Crippen MR) is 85.6 cm³/mol. The third kappa shape index (κ3) is 3.56. The van der Waals surface area contributed by atoms with Crippen molar-refractivity contribution in [1.82, 2.24) is 0 Å². The average molecular weight is 290 g/mol. The Hall–Kier alpha value is -1.55. The molecule has 0 aromatic heterocycles. The minimum absolute atomic E-state index is 0.0696. The smallest absolute Gasteiger partial charge is 0.231 e. The van der Waals surface area contributed by atoms with Crippen molar-refractivity contribution < 1.29 is 9.53 Å². The molecule has 0 spiro atoms. The topological polar surface area (TPSA) is 64.3 Å². The molecule has 1 saturated carbocycles. The number of aryl methyl sites for hydroxylation is 1. The van der Waals surface area contributed by atoms with Crippen molar-refractivity contribution >= 4 is 11.6 Å². The largest absolute Gasteiger partial charge is 0.497 e. The van der Waals surface area contributed by atoms with Gasteiger partial charge in [0.25, 0.3) is 0 Å². The molecule has 1 aliphatic rings. The van der Waals surface area contributed by atoms with Crippen molar-refractivity contribution in [3.05, 3.63) is 23.8 Å². The Morgan fingerprint density at radius 2 is 1.95 bits per heavy atom. The van der Waals surface area contributed by atoms with Gasteiger partial charge in [-0.25, -0.2) is 0 Å². The maximum atomic E-state index is 12.8. The Balaban J connectivity index is 2.15. The van der Waals surface area contributed by atoms with Crippen LogP contribution in [0, 0.1) is 12.3 Å². The number of carbonyl (C=O) groups excluding carboxylic acids is 1. The molecule has 0 bridgehead atoms. The van der Waals surface area contributed by atoms with Crippen LogP contribution in [-0.2, 0) is 4.79 Å². The van der Waals surface area contributed by atoms with E-state index < -0.39 is 5.41 Å². The number of ether oxygens (including phenoxy) is 1. The van der Waals surface area contributed by atoms with Gasteiger partial charge in [0.05, 0.1) is 12.5 Å². The van der Waals surface area contributed by atoms with Crippen molar-refractivity contribution in [1.29, 1.82) is 0 Å². The van der Waals surface area contributed by atoms with E-state index >= 15 is 0 Å². The van der Waals surface area contributed by atoms with Crippen LogP contribution in [0.2, 0.25) is 0 Å². The Morgan fingerprint density at radius 1 is 1.29 bits per heavy atom. The lowest BCUT2D eigenvalue weighted by atomic mass is 9.79. The van der Waals surface area contributed by atoms with Gasteiger partial charge in [-0.2, -0.15) is 0 Å². The normalized spacial score (nSPS) is 17.9. The van der Waals surface area contributed by atoms with Gasteiger partial charge in [0.15, 0.2) is 0 Å². The van der Waals surface area contributed by atoms with E-state index in [1.165, 1.54) is 12.8 Å². The number of anilines is 1. The van der Waals surface area contributed by atoms with Gasteiger partial charge in [-0.15, -0.1) is 0 Å². The molecule has 4 heteroatoms. The van der Waals surface area contributed by atoms with Gasteiger partial charge in [-0.1, -0.05) is 25.7 Å². The van der Waals surface area contributed by atoms with E-state index in [1.807, 2.05) is 25.1 Å². The number of rotatable bonds is 4. The summed E-state index contributed by atoms with van der Waals surface area (Å²) in [6, 6.07) is 5.69. The molecule has 4 nitrogen and oxygen atoms in total. The first-order chi connectivity index (χ1) is 10.1. The number of hydrogen-bond acceptors (Lipinski definition) is 3. The summed E-state index contributed by atoms with van der Waals surface area (Å²) >= 11 is 0. The van der Waals surface area contributed by atoms with E-state index in [9.17, 15) is 4.79 Å². The molecule has 1 aliphatic carbocycles. The minimum Gasteiger partial charge on any atom is -0.497 e. The summed E-state index contributed by atoms with van der Waals surface area (Å²) in [5.74, 6) is 0.869. The highest BCUT2D eigenvalue weighted by Gasteiger charge is 2.37. The highest BCUT2D eigenvalue weighted by Crippen LogP contribution is 2.35. The molecular formula is C17H26N2O2. The van der Waals surface area contributed by atoms with Crippen molar-refractivity contribution in [3.63, 3.8) is 0 Å². The van der Waals surface area contributed by atoms with Crippen LogP contribution in [-0.4, -0.2) is 19.6 Å². The maximum absolute atomic E-state index is 12.8. The average Bonchev–Trinajstić information content (AvgIpc) is 2.75. The predicted octanol–water partition coefficient (Wildman–Crippen LogP) is 3.24. The van der Waals surface area contributed by atoms with E-state index in [-0.39, 0.29) is 5.91 Å². The van der Waals surface area contributed by atoms with Crippen LogP contribution >= 0.6 is 0 Å². The maximum Gasteiger partial charge on any atom is 0.231 e. The first kappa shape index (κ1) is 15.8. The SMILES string of the molecule is COc1ccc(NC(=O)C2(CN)CCCCCC2)c(C)c1. The van der Waals surface area contributed by atoms with Gasteiger partial charge in [0, 0.05) is 12.2 Å². The van der Waals surface area contributed by atoms with Gasteiger partial charge in [-0.3, -0.25) is 4.79 Å². The molecule has 2 rings (SSSR count). The fourth-order valence-electron chi connectivity index (χ4n) is 3.09. The van der Waals surface area contributed by atoms with Crippen LogP contribution in [0.15, 0.2) is 18.2 Å². The van der Waals surface area contributed by atoms with Crippen LogP contribution in [0.5, 0.6) is 5.75 Å². The van der Waals surface area contributed by atoms with E-state index in [0.717, 1.165) is 42.7 Å². The van der Waals surface area contributed by atoms with Gasteiger partial charge in [0.2, 0.25) is 5.91 Å². The van der Waals surface area contributed by atoms with Crippen LogP contribution in [0.3, 0.4) is 0 Å². The zero-order chi connectivity index (χ0) is 15.3. The van der Waals surface area contributed by atoms with E-state index in [0.29, 0.717) is 6.54 Å². The summed E-state index contributed by atoms with van der Waals surface area (Å²) in [6.45, 7) is 2.40. The molecule has 1 amide bonds. The lowest BCUT2D eigenvalue weighted by Gasteiger charge is -2.30. The number of benzene rings is 1. The van der Waals surface area contributed by atoms with Gasteiger partial charge >= 0.3 is 0 Å². The minimum atomic E-state index is -0.400. The van der Waals surface area contributed by atoms with Crippen LogP contribution in [0.1, 0.15) is 44.1 Å². The molecule has 1 fully saturated rings. The monoisotopic (exact) mass is 290 g/mol. The summed E-state index contributed by atoms with van der Waals surface area (Å²) in [5, 5.41) is 3.08. The number of nitrogens with one attached hydrogen (secondary N) is 1. The number of methoxy groups -OCH3 is 1. The van der Waals surface area contributed by atoms with Crippen LogP contribution < -0.4 is 15.8 Å².